The number of amides is 2. The van der Waals surface area contributed by atoms with Crippen molar-refractivity contribution in [2.75, 3.05) is 32.8 Å². The van der Waals surface area contributed by atoms with Crippen LogP contribution in [0.1, 0.15) is 38.3 Å². The lowest BCUT2D eigenvalue weighted by Crippen LogP contribution is -2.55. The van der Waals surface area contributed by atoms with Crippen LogP contribution in [-0.4, -0.2) is 60.5 Å². The van der Waals surface area contributed by atoms with E-state index in [1.165, 1.54) is 11.1 Å². The van der Waals surface area contributed by atoms with Crippen LogP contribution < -0.4 is 9.47 Å². The van der Waals surface area contributed by atoms with E-state index in [-0.39, 0.29) is 23.8 Å². The van der Waals surface area contributed by atoms with Gasteiger partial charge in [-0.3, -0.25) is 9.59 Å². The molecule has 32 heavy (non-hydrogen) atoms. The number of para-hydroxylation sites is 2. The zero-order valence-corrected chi connectivity index (χ0v) is 19.2. The van der Waals surface area contributed by atoms with Gasteiger partial charge in [-0.15, -0.1) is 0 Å². The van der Waals surface area contributed by atoms with Crippen LogP contribution in [0.5, 0.6) is 11.5 Å². The number of hydrogen-bond acceptors (Lipinski definition) is 4. The van der Waals surface area contributed by atoms with Crippen molar-refractivity contribution in [3.8, 4) is 11.5 Å². The number of nitrogens with zero attached hydrogens (tertiary/aromatic N) is 2. The van der Waals surface area contributed by atoms with E-state index >= 15 is 0 Å². The molecule has 1 saturated heterocycles. The molecule has 0 N–H and O–H groups in total. The predicted octanol–water partition coefficient (Wildman–Crippen LogP) is 3.43. The van der Waals surface area contributed by atoms with Crippen LogP contribution in [0, 0.1) is 0 Å². The van der Waals surface area contributed by atoms with Gasteiger partial charge < -0.3 is 19.3 Å². The first-order chi connectivity index (χ1) is 15.3. The topological polar surface area (TPSA) is 59.1 Å². The van der Waals surface area contributed by atoms with Gasteiger partial charge in [0.25, 0.3) is 5.91 Å². The van der Waals surface area contributed by atoms with Crippen LogP contribution in [0.3, 0.4) is 0 Å². The van der Waals surface area contributed by atoms with Gasteiger partial charge in [0.2, 0.25) is 12.0 Å². The third-order valence-electron chi connectivity index (χ3n) is 6.18. The quantitative estimate of drug-likeness (QED) is 0.737. The monoisotopic (exact) mass is 436 g/mol. The SMILES string of the molecule is CC(C)(C)c1ccc(CCC(=O)N2CCN(C(=O)C3COc4ccccc4O3)CC2)cc1. The van der Waals surface area contributed by atoms with Gasteiger partial charge in [0.1, 0.15) is 6.61 Å². The minimum atomic E-state index is -0.636. The third kappa shape index (κ3) is 5.06. The number of carbonyl (C=O) groups excluding carboxylic acids is 2. The molecule has 6 nitrogen and oxygen atoms in total. The molecule has 0 bridgehead atoms. The van der Waals surface area contributed by atoms with Crippen molar-refractivity contribution in [1.29, 1.82) is 0 Å². The summed E-state index contributed by atoms with van der Waals surface area (Å²) in [6.07, 6.45) is 0.581. The number of piperazine rings is 1. The molecule has 2 aliphatic heterocycles. The van der Waals surface area contributed by atoms with E-state index in [4.69, 9.17) is 9.47 Å². The molecule has 2 aromatic rings. The largest absolute Gasteiger partial charge is 0.485 e. The summed E-state index contributed by atoms with van der Waals surface area (Å²) in [5.41, 5.74) is 2.60. The molecule has 1 fully saturated rings. The molecule has 0 aliphatic carbocycles. The van der Waals surface area contributed by atoms with Gasteiger partial charge in [0.15, 0.2) is 11.5 Å². The molecule has 2 aliphatic rings. The molecule has 2 aromatic carbocycles. The highest BCUT2D eigenvalue weighted by Crippen LogP contribution is 2.31. The van der Waals surface area contributed by atoms with Gasteiger partial charge in [-0.1, -0.05) is 57.2 Å². The zero-order chi connectivity index (χ0) is 22.7. The van der Waals surface area contributed by atoms with Crippen LogP contribution in [0.15, 0.2) is 48.5 Å². The Morgan fingerprint density at radius 3 is 2.19 bits per heavy atom. The highest BCUT2D eigenvalue weighted by molar-refractivity contribution is 5.82. The summed E-state index contributed by atoms with van der Waals surface area (Å²) in [7, 11) is 0. The fourth-order valence-corrected chi connectivity index (χ4v) is 4.10. The van der Waals surface area contributed by atoms with Gasteiger partial charge in [0, 0.05) is 32.6 Å². The van der Waals surface area contributed by atoms with Crippen molar-refractivity contribution in [3.05, 3.63) is 59.7 Å². The van der Waals surface area contributed by atoms with Crippen LogP contribution >= 0.6 is 0 Å². The fourth-order valence-electron chi connectivity index (χ4n) is 4.10. The van der Waals surface area contributed by atoms with Crippen molar-refractivity contribution in [2.24, 2.45) is 0 Å². The smallest absolute Gasteiger partial charge is 0.267 e. The van der Waals surface area contributed by atoms with Gasteiger partial charge in [0.05, 0.1) is 0 Å². The summed E-state index contributed by atoms with van der Waals surface area (Å²) in [6, 6.07) is 15.9. The van der Waals surface area contributed by atoms with E-state index in [0.717, 1.165) is 6.42 Å². The number of carbonyl (C=O) groups is 2. The lowest BCUT2D eigenvalue weighted by molar-refractivity contribution is -0.146. The summed E-state index contributed by atoms with van der Waals surface area (Å²) in [4.78, 5) is 29.2. The number of aryl methyl sites for hydroxylation is 1. The molecule has 2 amide bonds. The van der Waals surface area contributed by atoms with Gasteiger partial charge in [-0.2, -0.15) is 0 Å². The van der Waals surface area contributed by atoms with Gasteiger partial charge in [-0.05, 0) is 35.1 Å². The molecule has 1 unspecified atom stereocenters. The standard InChI is InChI=1S/C26H32N2O4/c1-26(2,3)20-11-8-19(9-12-20)10-13-24(29)27-14-16-28(17-15-27)25(30)23-18-31-21-6-4-5-7-22(21)32-23/h4-9,11-12,23H,10,13-18H2,1-3H3. The Labute approximate surface area is 190 Å². The van der Waals surface area contributed by atoms with E-state index in [9.17, 15) is 9.59 Å². The van der Waals surface area contributed by atoms with Crippen LogP contribution in [0.2, 0.25) is 0 Å². The maximum absolute atomic E-state index is 12.9. The zero-order valence-electron chi connectivity index (χ0n) is 19.2. The summed E-state index contributed by atoms with van der Waals surface area (Å²) < 4.78 is 11.5. The molecule has 0 aromatic heterocycles. The highest BCUT2D eigenvalue weighted by atomic mass is 16.6. The number of rotatable bonds is 4. The van der Waals surface area contributed by atoms with Crippen LogP contribution in [-0.2, 0) is 21.4 Å². The lowest BCUT2D eigenvalue weighted by atomic mass is 9.86. The molecule has 6 heteroatoms. The second-order valence-corrected chi connectivity index (χ2v) is 9.52. The minimum absolute atomic E-state index is 0.0782. The summed E-state index contributed by atoms with van der Waals surface area (Å²) in [5.74, 6) is 1.33. The molecular formula is C26H32N2O4. The summed E-state index contributed by atoms with van der Waals surface area (Å²) in [6.45, 7) is 8.95. The van der Waals surface area contributed by atoms with Crippen molar-refractivity contribution in [3.63, 3.8) is 0 Å². The summed E-state index contributed by atoms with van der Waals surface area (Å²) >= 11 is 0. The number of benzene rings is 2. The molecule has 4 rings (SSSR count). The molecule has 0 saturated carbocycles. The predicted molar refractivity (Wildman–Crippen MR) is 123 cm³/mol. The second kappa shape index (κ2) is 9.23. The first-order valence-electron chi connectivity index (χ1n) is 11.4. The van der Waals surface area contributed by atoms with E-state index in [0.29, 0.717) is 44.1 Å². The Balaban J connectivity index is 1.24. The van der Waals surface area contributed by atoms with Crippen molar-refractivity contribution < 1.29 is 19.1 Å². The van der Waals surface area contributed by atoms with E-state index in [2.05, 4.69) is 45.0 Å². The van der Waals surface area contributed by atoms with Crippen molar-refractivity contribution in [1.82, 2.24) is 9.80 Å². The summed E-state index contributed by atoms with van der Waals surface area (Å²) in [5, 5.41) is 0. The number of ether oxygens (including phenoxy) is 2. The lowest BCUT2D eigenvalue weighted by Gasteiger charge is -2.37. The number of hydrogen-bond donors (Lipinski definition) is 0. The number of fused-ring (bicyclic) bond motifs is 1. The van der Waals surface area contributed by atoms with Gasteiger partial charge >= 0.3 is 0 Å². The normalized spacial score (nSPS) is 18.4. The van der Waals surface area contributed by atoms with Gasteiger partial charge in [-0.25, -0.2) is 0 Å². The fraction of sp³-hybridized carbons (Fsp3) is 0.462. The highest BCUT2D eigenvalue weighted by Gasteiger charge is 2.33. The molecule has 0 spiro atoms. The van der Waals surface area contributed by atoms with Crippen LogP contribution in [0.4, 0.5) is 0 Å². The second-order valence-electron chi connectivity index (χ2n) is 9.52. The van der Waals surface area contributed by atoms with Crippen LogP contribution in [0.25, 0.3) is 0 Å². The van der Waals surface area contributed by atoms with E-state index < -0.39 is 6.10 Å². The average molecular weight is 437 g/mol. The molecule has 0 radical (unpaired) electrons. The Morgan fingerprint density at radius 1 is 0.906 bits per heavy atom. The Hall–Kier alpha value is -3.02. The average Bonchev–Trinajstić information content (AvgIpc) is 2.81. The van der Waals surface area contributed by atoms with Crippen molar-refractivity contribution in [2.45, 2.75) is 45.1 Å². The Bertz CT molecular complexity index is 957. The molecule has 2 heterocycles. The molecule has 170 valence electrons. The molecule has 1 atom stereocenters. The van der Waals surface area contributed by atoms with Crippen molar-refractivity contribution >= 4 is 11.8 Å². The first-order valence-corrected chi connectivity index (χ1v) is 11.4. The van der Waals surface area contributed by atoms with E-state index in [1.54, 1.807) is 4.90 Å². The Morgan fingerprint density at radius 2 is 1.53 bits per heavy atom. The molecular weight excluding hydrogens is 404 g/mol. The first kappa shape index (κ1) is 22.2. The minimum Gasteiger partial charge on any atom is -0.485 e. The maximum Gasteiger partial charge on any atom is 0.267 e. The maximum atomic E-state index is 12.9. The van der Waals surface area contributed by atoms with E-state index in [1.807, 2.05) is 29.2 Å². The third-order valence-corrected chi connectivity index (χ3v) is 6.18. The Kier molecular flexibility index (Phi) is 6.40.